The molecule has 0 aliphatic carbocycles. The summed E-state index contributed by atoms with van der Waals surface area (Å²) in [6.45, 7) is 4.40. The number of aromatic nitrogens is 1. The Morgan fingerprint density at radius 1 is 1.14 bits per heavy atom. The van der Waals surface area contributed by atoms with E-state index in [9.17, 15) is 0 Å². The Bertz CT molecular complexity index is 927. The lowest BCUT2D eigenvalue weighted by Crippen LogP contribution is -2.20. The van der Waals surface area contributed by atoms with Crippen molar-refractivity contribution in [3.63, 3.8) is 0 Å². The minimum absolute atomic E-state index is 0.0841. The molecule has 2 aromatic carbocycles. The van der Waals surface area contributed by atoms with Crippen molar-refractivity contribution in [3.05, 3.63) is 65.4 Å². The normalized spacial score (nSPS) is 19.0. The highest BCUT2D eigenvalue weighted by atomic mass is 15.0. The standard InChI is InChI=1S/C20H18N2/c1-14-8-9-17-15(12-14)13-19-20(2,10-5-11-21)16-6-3-4-7-18(16)22(17)19/h3-4,6-9,12-13H,5,10H2,1-2H3. The second-order valence-electron chi connectivity index (χ2n) is 6.43. The van der Waals surface area contributed by atoms with E-state index in [0.29, 0.717) is 6.42 Å². The zero-order valence-electron chi connectivity index (χ0n) is 12.9. The van der Waals surface area contributed by atoms with Crippen LogP contribution in [0.15, 0.2) is 48.5 Å². The predicted octanol–water partition coefficient (Wildman–Crippen LogP) is 4.86. The number of para-hydroxylation sites is 1. The van der Waals surface area contributed by atoms with Crippen molar-refractivity contribution < 1.29 is 0 Å². The van der Waals surface area contributed by atoms with Gasteiger partial charge in [-0.25, -0.2) is 0 Å². The van der Waals surface area contributed by atoms with Gasteiger partial charge in [-0.05, 0) is 50.1 Å². The van der Waals surface area contributed by atoms with Crippen LogP contribution in [0.1, 0.15) is 36.6 Å². The van der Waals surface area contributed by atoms with Crippen molar-refractivity contribution in [2.45, 2.75) is 32.1 Å². The molecule has 3 aromatic rings. The maximum Gasteiger partial charge on any atom is 0.0622 e. The molecule has 4 rings (SSSR count). The van der Waals surface area contributed by atoms with Gasteiger partial charge in [-0.1, -0.05) is 29.8 Å². The molecule has 0 fully saturated rings. The summed E-state index contributed by atoms with van der Waals surface area (Å²) >= 11 is 0. The molecule has 0 saturated carbocycles. The van der Waals surface area contributed by atoms with Crippen molar-refractivity contribution >= 4 is 10.9 Å². The number of aryl methyl sites for hydroxylation is 1. The molecule has 0 amide bonds. The van der Waals surface area contributed by atoms with Gasteiger partial charge in [-0.3, -0.25) is 0 Å². The molecule has 0 N–H and O–H groups in total. The molecule has 0 saturated heterocycles. The third-order valence-corrected chi connectivity index (χ3v) is 5.00. The molecule has 0 radical (unpaired) electrons. The van der Waals surface area contributed by atoms with Crippen LogP contribution in [0.5, 0.6) is 0 Å². The lowest BCUT2D eigenvalue weighted by Gasteiger charge is -2.24. The quantitative estimate of drug-likeness (QED) is 0.661. The molecule has 2 heteroatoms. The van der Waals surface area contributed by atoms with E-state index in [1.54, 1.807) is 0 Å². The Labute approximate surface area is 130 Å². The van der Waals surface area contributed by atoms with Crippen LogP contribution in [0.4, 0.5) is 0 Å². The first-order valence-corrected chi connectivity index (χ1v) is 7.74. The average Bonchev–Trinajstić information content (AvgIpc) is 3.01. The van der Waals surface area contributed by atoms with E-state index < -0.39 is 0 Å². The lowest BCUT2D eigenvalue weighted by atomic mass is 9.77. The molecule has 22 heavy (non-hydrogen) atoms. The van der Waals surface area contributed by atoms with Crippen molar-refractivity contribution in [3.8, 4) is 11.8 Å². The van der Waals surface area contributed by atoms with Gasteiger partial charge in [0.15, 0.2) is 0 Å². The summed E-state index contributed by atoms with van der Waals surface area (Å²) in [5.74, 6) is 0. The molecule has 1 atom stereocenters. The van der Waals surface area contributed by atoms with E-state index in [0.717, 1.165) is 6.42 Å². The van der Waals surface area contributed by atoms with Crippen LogP contribution in [0.3, 0.4) is 0 Å². The Balaban J connectivity index is 2.06. The topological polar surface area (TPSA) is 28.7 Å². The third-order valence-electron chi connectivity index (χ3n) is 5.00. The van der Waals surface area contributed by atoms with Gasteiger partial charge in [0.25, 0.3) is 0 Å². The van der Waals surface area contributed by atoms with Gasteiger partial charge >= 0.3 is 0 Å². The zero-order valence-corrected chi connectivity index (χ0v) is 12.9. The van der Waals surface area contributed by atoms with Crippen LogP contribution in [-0.2, 0) is 5.41 Å². The molecule has 1 unspecified atom stereocenters. The van der Waals surface area contributed by atoms with Crippen molar-refractivity contribution in [1.82, 2.24) is 4.57 Å². The zero-order chi connectivity index (χ0) is 15.3. The van der Waals surface area contributed by atoms with Gasteiger partial charge in [-0.15, -0.1) is 0 Å². The van der Waals surface area contributed by atoms with E-state index >= 15 is 0 Å². The summed E-state index contributed by atoms with van der Waals surface area (Å²) < 4.78 is 2.38. The molecule has 108 valence electrons. The number of nitriles is 1. The Morgan fingerprint density at radius 3 is 2.77 bits per heavy atom. The van der Waals surface area contributed by atoms with Gasteiger partial charge in [0, 0.05) is 22.9 Å². The van der Waals surface area contributed by atoms with E-state index in [2.05, 4.69) is 73.0 Å². The van der Waals surface area contributed by atoms with Crippen molar-refractivity contribution in [2.24, 2.45) is 0 Å². The van der Waals surface area contributed by atoms with E-state index in [-0.39, 0.29) is 5.41 Å². The van der Waals surface area contributed by atoms with Crippen molar-refractivity contribution in [2.75, 3.05) is 0 Å². The fraction of sp³-hybridized carbons (Fsp3) is 0.250. The average molecular weight is 286 g/mol. The van der Waals surface area contributed by atoms with Crippen LogP contribution in [-0.4, -0.2) is 4.57 Å². The SMILES string of the molecule is Cc1ccc2c(c1)cc1n2-c2ccccc2C1(C)CCC#N. The monoisotopic (exact) mass is 286 g/mol. The minimum Gasteiger partial charge on any atom is -0.312 e. The highest BCUT2D eigenvalue weighted by molar-refractivity contribution is 5.86. The van der Waals surface area contributed by atoms with Gasteiger partial charge in [0.1, 0.15) is 0 Å². The summed E-state index contributed by atoms with van der Waals surface area (Å²) in [4.78, 5) is 0. The molecule has 2 nitrogen and oxygen atoms in total. The number of fused-ring (bicyclic) bond motifs is 5. The van der Waals surface area contributed by atoms with Crippen LogP contribution < -0.4 is 0 Å². The molecular formula is C20H18N2. The lowest BCUT2D eigenvalue weighted by molar-refractivity contribution is 0.531. The fourth-order valence-corrected chi connectivity index (χ4v) is 3.84. The highest BCUT2D eigenvalue weighted by Crippen LogP contribution is 2.48. The van der Waals surface area contributed by atoms with Gasteiger partial charge in [0.2, 0.25) is 0 Å². The largest absolute Gasteiger partial charge is 0.312 e. The van der Waals surface area contributed by atoms with Crippen molar-refractivity contribution in [1.29, 1.82) is 5.26 Å². The van der Waals surface area contributed by atoms with Gasteiger partial charge in [-0.2, -0.15) is 5.26 Å². The molecular weight excluding hydrogens is 268 g/mol. The van der Waals surface area contributed by atoms with E-state index in [1.807, 2.05) is 0 Å². The first kappa shape index (κ1) is 13.2. The number of benzene rings is 2. The minimum atomic E-state index is -0.0841. The maximum atomic E-state index is 9.06. The summed E-state index contributed by atoms with van der Waals surface area (Å²) in [5.41, 5.74) is 6.36. The second kappa shape index (κ2) is 4.48. The predicted molar refractivity (Wildman–Crippen MR) is 89.3 cm³/mol. The van der Waals surface area contributed by atoms with E-state index in [4.69, 9.17) is 5.26 Å². The number of hydrogen-bond acceptors (Lipinski definition) is 1. The Kier molecular flexibility index (Phi) is 2.68. The van der Waals surface area contributed by atoms with Gasteiger partial charge in [0.05, 0.1) is 17.3 Å². The smallest absolute Gasteiger partial charge is 0.0622 e. The van der Waals surface area contributed by atoms with Gasteiger partial charge < -0.3 is 4.57 Å². The molecule has 0 spiro atoms. The summed E-state index contributed by atoms with van der Waals surface area (Å²) in [6, 6.07) is 19.8. The Morgan fingerprint density at radius 2 is 1.95 bits per heavy atom. The first-order valence-electron chi connectivity index (χ1n) is 7.74. The third kappa shape index (κ3) is 1.60. The Hall–Kier alpha value is -2.53. The maximum absolute atomic E-state index is 9.06. The summed E-state index contributed by atoms with van der Waals surface area (Å²) in [5, 5.41) is 10.3. The highest BCUT2D eigenvalue weighted by Gasteiger charge is 2.40. The van der Waals surface area contributed by atoms with Crippen LogP contribution >= 0.6 is 0 Å². The van der Waals surface area contributed by atoms with E-state index in [1.165, 1.54) is 33.4 Å². The molecule has 1 aliphatic rings. The first-order chi connectivity index (χ1) is 10.6. The number of nitrogens with zero attached hydrogens (tertiary/aromatic N) is 2. The van der Waals surface area contributed by atoms with Crippen LogP contribution in [0.2, 0.25) is 0 Å². The number of hydrogen-bond donors (Lipinski definition) is 0. The molecule has 1 aliphatic heterocycles. The van der Waals surface area contributed by atoms with Crippen LogP contribution in [0, 0.1) is 18.3 Å². The summed E-state index contributed by atoms with van der Waals surface area (Å²) in [6.07, 6.45) is 1.43. The van der Waals surface area contributed by atoms with Crippen LogP contribution in [0.25, 0.3) is 16.6 Å². The second-order valence-corrected chi connectivity index (χ2v) is 6.43. The number of rotatable bonds is 2. The fourth-order valence-electron chi connectivity index (χ4n) is 3.84. The molecule has 1 aromatic heterocycles. The molecule has 2 heterocycles. The summed E-state index contributed by atoms with van der Waals surface area (Å²) in [7, 11) is 0. The molecule has 0 bridgehead atoms.